The lowest BCUT2D eigenvalue weighted by Crippen LogP contribution is -2.34. The van der Waals surface area contributed by atoms with E-state index in [9.17, 15) is 4.79 Å². The van der Waals surface area contributed by atoms with Gasteiger partial charge in [0.2, 0.25) is 0 Å². The Morgan fingerprint density at radius 1 is 1.50 bits per heavy atom. The van der Waals surface area contributed by atoms with E-state index in [0.717, 1.165) is 31.4 Å². The Morgan fingerprint density at radius 2 is 2.22 bits per heavy atom. The van der Waals surface area contributed by atoms with Crippen LogP contribution in [0.3, 0.4) is 0 Å². The zero-order chi connectivity index (χ0) is 13.5. The predicted molar refractivity (Wildman–Crippen MR) is 79.6 cm³/mol. The zero-order valence-corrected chi connectivity index (χ0v) is 13.0. The lowest BCUT2D eigenvalue weighted by molar-refractivity contribution is 0.508. The summed E-state index contributed by atoms with van der Waals surface area (Å²) < 4.78 is 1.75. The lowest BCUT2D eigenvalue weighted by Gasteiger charge is -2.21. The molecule has 0 radical (unpaired) electrons. The van der Waals surface area contributed by atoms with E-state index in [1.165, 1.54) is 0 Å². The molecule has 0 aliphatic heterocycles. The van der Waals surface area contributed by atoms with E-state index in [1.807, 2.05) is 4.90 Å². The molecule has 5 heteroatoms. The van der Waals surface area contributed by atoms with Crippen molar-refractivity contribution >= 4 is 21.7 Å². The first kappa shape index (κ1) is 15.2. The van der Waals surface area contributed by atoms with Crippen LogP contribution in [0.5, 0.6) is 0 Å². The minimum Gasteiger partial charge on any atom is -0.352 e. The van der Waals surface area contributed by atoms with Gasteiger partial charge in [-0.1, -0.05) is 29.8 Å². The summed E-state index contributed by atoms with van der Waals surface area (Å²) in [5.41, 5.74) is 0.0163. The van der Waals surface area contributed by atoms with Crippen molar-refractivity contribution in [3.8, 4) is 0 Å². The molecule has 0 fully saturated rings. The fourth-order valence-corrected chi connectivity index (χ4v) is 2.11. The molecule has 1 aromatic heterocycles. The topological polar surface area (TPSA) is 38.1 Å². The van der Waals surface area contributed by atoms with Gasteiger partial charge in [-0.3, -0.25) is 4.79 Å². The van der Waals surface area contributed by atoms with Gasteiger partial charge in [-0.25, -0.2) is 4.98 Å². The minimum atomic E-state index is 0.0163. The Labute approximate surface area is 117 Å². The van der Waals surface area contributed by atoms with Crippen molar-refractivity contribution in [2.75, 3.05) is 23.3 Å². The third kappa shape index (κ3) is 4.12. The van der Waals surface area contributed by atoms with Crippen molar-refractivity contribution in [3.05, 3.63) is 22.7 Å². The number of aromatic nitrogens is 2. The van der Waals surface area contributed by atoms with Gasteiger partial charge >= 0.3 is 0 Å². The van der Waals surface area contributed by atoms with Gasteiger partial charge in [0, 0.05) is 37.4 Å². The van der Waals surface area contributed by atoms with Gasteiger partial charge < -0.3 is 9.47 Å². The van der Waals surface area contributed by atoms with Gasteiger partial charge in [0.1, 0.15) is 0 Å². The molecule has 0 amide bonds. The largest absolute Gasteiger partial charge is 0.352 e. The molecule has 0 saturated carbocycles. The molecule has 102 valence electrons. The Hall–Kier alpha value is -0.840. The fraction of sp³-hybridized carbons (Fsp3) is 0.692. The summed E-state index contributed by atoms with van der Waals surface area (Å²) in [5.74, 6) is 1.03. The second-order valence-corrected chi connectivity index (χ2v) is 5.52. The van der Waals surface area contributed by atoms with Crippen molar-refractivity contribution in [2.24, 2.45) is 5.92 Å². The molecule has 0 aromatic carbocycles. The summed E-state index contributed by atoms with van der Waals surface area (Å²) in [7, 11) is 0. The highest BCUT2D eigenvalue weighted by Gasteiger charge is 2.12. The molecule has 0 spiro atoms. The summed E-state index contributed by atoms with van der Waals surface area (Å²) in [6, 6.07) is 0. The maximum atomic E-state index is 12.3. The number of halogens is 1. The molecule has 1 heterocycles. The van der Waals surface area contributed by atoms with Crippen LogP contribution >= 0.6 is 15.9 Å². The van der Waals surface area contributed by atoms with Gasteiger partial charge in [-0.15, -0.1) is 0 Å². The van der Waals surface area contributed by atoms with Gasteiger partial charge in [-0.05, 0) is 19.3 Å². The van der Waals surface area contributed by atoms with Gasteiger partial charge in [0.25, 0.3) is 5.56 Å². The van der Waals surface area contributed by atoms with Crippen molar-refractivity contribution in [1.29, 1.82) is 0 Å². The van der Waals surface area contributed by atoms with E-state index in [-0.39, 0.29) is 5.56 Å². The summed E-state index contributed by atoms with van der Waals surface area (Å²) in [6.07, 6.45) is 4.49. The number of alkyl halides is 1. The first-order chi connectivity index (χ1) is 8.60. The average molecular weight is 316 g/mol. The average Bonchev–Trinajstić information content (AvgIpc) is 2.33. The maximum Gasteiger partial charge on any atom is 0.293 e. The van der Waals surface area contributed by atoms with Crippen LogP contribution in [0, 0.1) is 5.92 Å². The van der Waals surface area contributed by atoms with Gasteiger partial charge in [0.05, 0.1) is 0 Å². The van der Waals surface area contributed by atoms with Crippen LogP contribution < -0.4 is 10.5 Å². The molecule has 0 bridgehead atoms. The van der Waals surface area contributed by atoms with Crippen LogP contribution in [0.2, 0.25) is 0 Å². The number of hydrogen-bond donors (Lipinski definition) is 0. The second-order valence-electron chi connectivity index (χ2n) is 4.72. The third-order valence-corrected chi connectivity index (χ3v) is 3.26. The number of hydrogen-bond acceptors (Lipinski definition) is 3. The van der Waals surface area contributed by atoms with E-state index in [4.69, 9.17) is 0 Å². The molecule has 0 aliphatic carbocycles. The van der Waals surface area contributed by atoms with E-state index in [1.54, 1.807) is 17.0 Å². The molecule has 0 saturated heterocycles. The van der Waals surface area contributed by atoms with Crippen molar-refractivity contribution in [3.63, 3.8) is 0 Å². The summed E-state index contributed by atoms with van der Waals surface area (Å²) in [5, 5.41) is 0.941. The molecule has 0 unspecified atom stereocenters. The molecule has 1 rings (SSSR count). The molecular formula is C13H22BrN3O. The predicted octanol–water partition coefficient (Wildman–Crippen LogP) is 2.51. The van der Waals surface area contributed by atoms with Crippen LogP contribution in [0.15, 0.2) is 17.2 Å². The molecule has 0 N–H and O–H groups in total. The van der Waals surface area contributed by atoms with Crippen LogP contribution in [0.25, 0.3) is 0 Å². The van der Waals surface area contributed by atoms with Gasteiger partial charge in [0.15, 0.2) is 5.82 Å². The Morgan fingerprint density at radius 3 is 2.78 bits per heavy atom. The molecule has 0 aliphatic rings. The minimum absolute atomic E-state index is 0.0163. The van der Waals surface area contributed by atoms with Crippen molar-refractivity contribution < 1.29 is 0 Å². The highest BCUT2D eigenvalue weighted by molar-refractivity contribution is 9.09. The Balaban J connectivity index is 2.97. The van der Waals surface area contributed by atoms with Crippen LogP contribution in [-0.4, -0.2) is 28.0 Å². The maximum absolute atomic E-state index is 12.3. The zero-order valence-electron chi connectivity index (χ0n) is 11.4. The summed E-state index contributed by atoms with van der Waals surface area (Å²) in [4.78, 5) is 18.6. The van der Waals surface area contributed by atoms with E-state index in [0.29, 0.717) is 11.7 Å². The Bertz CT molecular complexity index is 417. The van der Waals surface area contributed by atoms with E-state index < -0.39 is 0 Å². The number of rotatable bonds is 7. The van der Waals surface area contributed by atoms with Crippen molar-refractivity contribution in [2.45, 2.75) is 33.7 Å². The van der Waals surface area contributed by atoms with Crippen molar-refractivity contribution in [1.82, 2.24) is 9.55 Å². The van der Waals surface area contributed by atoms with Crippen LogP contribution in [0.1, 0.15) is 27.2 Å². The molecule has 4 nitrogen and oxygen atoms in total. The monoisotopic (exact) mass is 315 g/mol. The summed E-state index contributed by atoms with van der Waals surface area (Å²) in [6.45, 7) is 8.67. The SMILES string of the molecule is CCN(CCCBr)c1nccn(CC(C)C)c1=O. The van der Waals surface area contributed by atoms with E-state index >= 15 is 0 Å². The number of anilines is 1. The highest BCUT2D eigenvalue weighted by Crippen LogP contribution is 2.06. The number of nitrogens with zero attached hydrogens (tertiary/aromatic N) is 3. The molecule has 0 atom stereocenters. The first-order valence-electron chi connectivity index (χ1n) is 6.46. The van der Waals surface area contributed by atoms with E-state index in [2.05, 4.69) is 41.7 Å². The van der Waals surface area contributed by atoms with Crippen LogP contribution in [-0.2, 0) is 6.54 Å². The third-order valence-electron chi connectivity index (χ3n) is 2.70. The smallest absolute Gasteiger partial charge is 0.293 e. The Kier molecular flexibility index (Phi) is 6.39. The standard InChI is InChI=1S/C13H22BrN3O/c1-4-16(8-5-6-14)12-13(18)17(9-7-15-12)10-11(2)3/h7,9,11H,4-6,8,10H2,1-3H3. The molecule has 18 heavy (non-hydrogen) atoms. The normalized spacial score (nSPS) is 10.9. The summed E-state index contributed by atoms with van der Waals surface area (Å²) >= 11 is 3.41. The highest BCUT2D eigenvalue weighted by atomic mass is 79.9. The second kappa shape index (κ2) is 7.56. The fourth-order valence-electron chi connectivity index (χ4n) is 1.85. The first-order valence-corrected chi connectivity index (χ1v) is 7.58. The quantitative estimate of drug-likeness (QED) is 0.726. The molecule has 1 aromatic rings. The lowest BCUT2D eigenvalue weighted by atomic mass is 10.2. The van der Waals surface area contributed by atoms with Crippen LogP contribution in [0.4, 0.5) is 5.82 Å². The van der Waals surface area contributed by atoms with Gasteiger partial charge in [-0.2, -0.15) is 0 Å². The molecular weight excluding hydrogens is 294 g/mol.